The van der Waals surface area contributed by atoms with E-state index < -0.39 is 25.3 Å². The molecule has 0 aromatic rings. The van der Waals surface area contributed by atoms with Crippen LogP contribution in [0.2, 0.25) is 0 Å². The lowest BCUT2D eigenvalue weighted by Crippen LogP contribution is -2.12. The molecule has 0 saturated heterocycles. The summed E-state index contributed by atoms with van der Waals surface area (Å²) >= 11 is 0. The van der Waals surface area contributed by atoms with E-state index in [1.807, 2.05) is 0 Å². The van der Waals surface area contributed by atoms with Crippen LogP contribution in [0.3, 0.4) is 0 Å². The number of esters is 2. The van der Waals surface area contributed by atoms with Crippen LogP contribution in [0.25, 0.3) is 0 Å². The summed E-state index contributed by atoms with van der Waals surface area (Å²) in [4.78, 5) is 21.4. The molecule has 0 spiro atoms. The first-order valence-corrected chi connectivity index (χ1v) is 4.14. The van der Waals surface area contributed by atoms with Gasteiger partial charge in [-0.25, -0.2) is 8.78 Å². The van der Waals surface area contributed by atoms with Crippen LogP contribution in [0, 0.1) is 0 Å². The maximum Gasteiger partial charge on any atom is 0.306 e. The van der Waals surface area contributed by atoms with Crippen LogP contribution >= 0.6 is 0 Å². The normalized spacial score (nSPS) is 9.57. The first kappa shape index (κ1) is 12.8. The van der Waals surface area contributed by atoms with Crippen molar-refractivity contribution in [1.29, 1.82) is 0 Å². The Hall–Kier alpha value is -1.20. The van der Waals surface area contributed by atoms with Crippen molar-refractivity contribution in [2.75, 3.05) is 26.6 Å². The van der Waals surface area contributed by atoms with E-state index in [0.29, 0.717) is 0 Å². The van der Waals surface area contributed by atoms with Gasteiger partial charge in [0.05, 0.1) is 12.8 Å². The van der Waals surface area contributed by atoms with E-state index >= 15 is 0 Å². The van der Waals surface area contributed by atoms with Crippen LogP contribution in [0.15, 0.2) is 0 Å². The van der Waals surface area contributed by atoms with Gasteiger partial charge in [-0.2, -0.15) is 0 Å². The van der Waals surface area contributed by atoms with Gasteiger partial charge in [-0.3, -0.25) is 9.59 Å². The molecule has 0 saturated carbocycles. The van der Waals surface area contributed by atoms with Crippen molar-refractivity contribution in [3.05, 3.63) is 0 Å². The SMILES string of the molecule is O=C(CCC(=O)OCCF)OCCF. The largest absolute Gasteiger partial charge is 0.463 e. The second-order valence-corrected chi connectivity index (χ2v) is 2.32. The molecule has 0 atom stereocenters. The van der Waals surface area contributed by atoms with Crippen LogP contribution in [0.1, 0.15) is 12.8 Å². The first-order chi connectivity index (χ1) is 6.70. The van der Waals surface area contributed by atoms with E-state index in [0.717, 1.165) is 0 Å². The molecule has 0 aliphatic heterocycles. The lowest BCUT2D eigenvalue weighted by Gasteiger charge is -2.02. The van der Waals surface area contributed by atoms with Crippen LogP contribution in [0.5, 0.6) is 0 Å². The summed E-state index contributed by atoms with van der Waals surface area (Å²) in [5.74, 6) is -1.33. The molecule has 0 amide bonds. The minimum atomic E-state index is -0.752. The molecule has 0 fully saturated rings. The molecule has 0 rings (SSSR count). The predicted molar refractivity (Wildman–Crippen MR) is 43.1 cm³/mol. The molecule has 0 heterocycles. The zero-order valence-corrected chi connectivity index (χ0v) is 7.63. The highest BCUT2D eigenvalue weighted by atomic mass is 19.1. The smallest absolute Gasteiger partial charge is 0.306 e. The summed E-state index contributed by atoms with van der Waals surface area (Å²) in [5.41, 5.74) is 0. The molecule has 82 valence electrons. The van der Waals surface area contributed by atoms with E-state index in [-0.39, 0.29) is 26.1 Å². The summed E-state index contributed by atoms with van der Waals surface area (Å²) in [6.07, 6.45) is -0.351. The Labute approximate surface area is 80.2 Å². The van der Waals surface area contributed by atoms with Crippen molar-refractivity contribution in [2.45, 2.75) is 12.8 Å². The summed E-state index contributed by atoms with van der Waals surface area (Å²) in [6, 6.07) is 0. The monoisotopic (exact) mass is 210 g/mol. The van der Waals surface area contributed by atoms with Gasteiger partial charge in [-0.1, -0.05) is 0 Å². The lowest BCUT2D eigenvalue weighted by atomic mass is 10.3. The summed E-state index contributed by atoms with van der Waals surface area (Å²) in [5, 5.41) is 0. The third kappa shape index (κ3) is 7.45. The van der Waals surface area contributed by atoms with Gasteiger partial charge in [0.15, 0.2) is 0 Å². The van der Waals surface area contributed by atoms with Crippen molar-refractivity contribution in [2.24, 2.45) is 0 Å². The van der Waals surface area contributed by atoms with E-state index in [1.165, 1.54) is 0 Å². The fraction of sp³-hybridized carbons (Fsp3) is 0.750. The first-order valence-electron chi connectivity index (χ1n) is 4.14. The van der Waals surface area contributed by atoms with Gasteiger partial charge in [0.2, 0.25) is 0 Å². The molecule has 0 aliphatic rings. The van der Waals surface area contributed by atoms with Gasteiger partial charge in [-0.15, -0.1) is 0 Å². The predicted octanol–water partition coefficient (Wildman–Crippen LogP) is 0.792. The minimum absolute atomic E-state index is 0.175. The summed E-state index contributed by atoms with van der Waals surface area (Å²) in [6.45, 7) is -2.12. The van der Waals surface area contributed by atoms with Crippen LogP contribution < -0.4 is 0 Å². The fourth-order valence-corrected chi connectivity index (χ4v) is 0.653. The van der Waals surface area contributed by atoms with Gasteiger partial charge in [0.1, 0.15) is 26.6 Å². The number of carbonyl (C=O) groups is 2. The third-order valence-corrected chi connectivity index (χ3v) is 1.21. The zero-order chi connectivity index (χ0) is 10.8. The van der Waals surface area contributed by atoms with Crippen LogP contribution in [0.4, 0.5) is 8.78 Å². The van der Waals surface area contributed by atoms with Gasteiger partial charge in [-0.05, 0) is 0 Å². The summed E-state index contributed by atoms with van der Waals surface area (Å²) < 4.78 is 31.7. The highest BCUT2D eigenvalue weighted by Crippen LogP contribution is 1.96. The Morgan fingerprint density at radius 2 is 1.21 bits per heavy atom. The number of alkyl halides is 2. The number of hydrogen-bond donors (Lipinski definition) is 0. The Balaban J connectivity index is 3.41. The molecule has 4 nitrogen and oxygen atoms in total. The molecule has 0 bridgehead atoms. The molecule has 14 heavy (non-hydrogen) atoms. The minimum Gasteiger partial charge on any atom is -0.463 e. The number of rotatable bonds is 7. The zero-order valence-electron chi connectivity index (χ0n) is 7.63. The standard InChI is InChI=1S/C8H12F2O4/c9-3-5-13-7(11)1-2-8(12)14-6-4-10/h1-6H2. The van der Waals surface area contributed by atoms with Crippen molar-refractivity contribution < 1.29 is 27.8 Å². The van der Waals surface area contributed by atoms with Crippen LogP contribution in [-0.4, -0.2) is 38.5 Å². The quantitative estimate of drug-likeness (QED) is 0.583. The average Bonchev–Trinajstić information content (AvgIpc) is 2.20. The second-order valence-electron chi connectivity index (χ2n) is 2.32. The maximum absolute atomic E-state index is 11.5. The third-order valence-electron chi connectivity index (χ3n) is 1.21. The van der Waals surface area contributed by atoms with Gasteiger partial charge < -0.3 is 9.47 Å². The Morgan fingerprint density at radius 3 is 1.50 bits per heavy atom. The Bertz CT molecular complexity index is 164. The number of hydrogen-bond acceptors (Lipinski definition) is 4. The maximum atomic E-state index is 11.5. The van der Waals surface area contributed by atoms with E-state index in [2.05, 4.69) is 9.47 Å². The number of carbonyl (C=O) groups excluding carboxylic acids is 2. The molecular weight excluding hydrogens is 198 g/mol. The lowest BCUT2D eigenvalue weighted by molar-refractivity contribution is -0.150. The van der Waals surface area contributed by atoms with Crippen molar-refractivity contribution in [3.8, 4) is 0 Å². The van der Waals surface area contributed by atoms with Crippen LogP contribution in [-0.2, 0) is 19.1 Å². The van der Waals surface area contributed by atoms with Gasteiger partial charge >= 0.3 is 11.9 Å². The molecule has 0 aromatic carbocycles. The van der Waals surface area contributed by atoms with E-state index in [9.17, 15) is 18.4 Å². The molecule has 0 N–H and O–H groups in total. The van der Waals surface area contributed by atoms with Gasteiger partial charge in [0, 0.05) is 0 Å². The topological polar surface area (TPSA) is 52.6 Å². The van der Waals surface area contributed by atoms with E-state index in [1.54, 1.807) is 0 Å². The molecular formula is C8H12F2O4. The second kappa shape index (κ2) is 8.40. The highest BCUT2D eigenvalue weighted by molar-refractivity contribution is 5.77. The van der Waals surface area contributed by atoms with Crippen molar-refractivity contribution >= 4 is 11.9 Å². The van der Waals surface area contributed by atoms with E-state index in [4.69, 9.17) is 0 Å². The molecule has 0 aromatic heterocycles. The molecule has 0 aliphatic carbocycles. The summed E-state index contributed by atoms with van der Waals surface area (Å²) in [7, 11) is 0. The molecule has 0 radical (unpaired) electrons. The van der Waals surface area contributed by atoms with Gasteiger partial charge in [0.25, 0.3) is 0 Å². The van der Waals surface area contributed by atoms with Crippen molar-refractivity contribution in [3.63, 3.8) is 0 Å². The highest BCUT2D eigenvalue weighted by Gasteiger charge is 2.08. The Morgan fingerprint density at radius 1 is 0.857 bits per heavy atom. The average molecular weight is 210 g/mol. The number of ether oxygens (including phenoxy) is 2. The molecule has 6 heteroatoms. The van der Waals surface area contributed by atoms with Crippen molar-refractivity contribution in [1.82, 2.24) is 0 Å². The molecule has 0 unspecified atom stereocenters. The fourth-order valence-electron chi connectivity index (χ4n) is 0.653. The Kier molecular flexibility index (Phi) is 7.68. The number of halogens is 2.